The first-order valence-electron chi connectivity index (χ1n) is 7.98. The molecule has 5 nitrogen and oxygen atoms in total. The zero-order valence-electron chi connectivity index (χ0n) is 14.2. The Bertz CT molecular complexity index is 763. The van der Waals surface area contributed by atoms with Crippen molar-refractivity contribution in [1.29, 1.82) is 0 Å². The van der Waals surface area contributed by atoms with Gasteiger partial charge in [0, 0.05) is 31.1 Å². The van der Waals surface area contributed by atoms with E-state index in [4.69, 9.17) is 5.11 Å². The van der Waals surface area contributed by atoms with Crippen molar-refractivity contribution < 1.29 is 15.0 Å². The Morgan fingerprint density at radius 2 is 1.68 bits per heavy atom. The first-order chi connectivity index (χ1) is 12.0. The fourth-order valence-electron chi connectivity index (χ4n) is 2.41. The predicted molar refractivity (Wildman–Crippen MR) is 98.9 cm³/mol. The topological polar surface area (TPSA) is 81.9 Å². The number of hydrogen-bond acceptors (Lipinski definition) is 3. The number of aromatic hydroxyl groups is 1. The highest BCUT2D eigenvalue weighted by Gasteiger charge is 2.06. The van der Waals surface area contributed by atoms with Crippen LogP contribution in [-0.2, 0) is 17.6 Å². The molecule has 0 amide bonds. The van der Waals surface area contributed by atoms with Crippen LogP contribution in [0.1, 0.15) is 23.1 Å². The van der Waals surface area contributed by atoms with E-state index >= 15 is 0 Å². The number of phenolic OH excluding ortho intramolecular Hbond substituents is 1. The van der Waals surface area contributed by atoms with Gasteiger partial charge in [0.1, 0.15) is 11.6 Å². The highest BCUT2D eigenvalue weighted by Crippen LogP contribution is 2.13. The predicted octanol–water partition coefficient (Wildman–Crippen LogP) is 3.13. The van der Waals surface area contributed by atoms with Gasteiger partial charge in [0.2, 0.25) is 0 Å². The standard InChI is InChI=1S/C20H22N2O3/c1-14(13-16-5-10-18(23)11-6-16)22-20(21-2)17-8-3-15(4-9-17)7-12-19(24)25/h3-6,8-11,23H,1,7,12-13H2,2H3,(H,21,22)(H,24,25). The smallest absolute Gasteiger partial charge is 0.303 e. The van der Waals surface area contributed by atoms with E-state index in [9.17, 15) is 9.90 Å². The minimum Gasteiger partial charge on any atom is -0.508 e. The van der Waals surface area contributed by atoms with Crippen LogP contribution in [0.15, 0.2) is 65.8 Å². The summed E-state index contributed by atoms with van der Waals surface area (Å²) >= 11 is 0. The molecular weight excluding hydrogens is 316 g/mol. The number of aliphatic carboxylic acids is 1. The zero-order chi connectivity index (χ0) is 18.2. The SMILES string of the molecule is C=C(Cc1ccc(O)cc1)NC(=NC)c1ccc(CCC(=O)O)cc1. The summed E-state index contributed by atoms with van der Waals surface area (Å²) in [6.45, 7) is 4.03. The largest absolute Gasteiger partial charge is 0.508 e. The molecule has 0 saturated carbocycles. The van der Waals surface area contributed by atoms with E-state index in [1.54, 1.807) is 19.2 Å². The van der Waals surface area contributed by atoms with Crippen LogP contribution in [0.5, 0.6) is 5.75 Å². The lowest BCUT2D eigenvalue weighted by molar-refractivity contribution is -0.136. The van der Waals surface area contributed by atoms with Crippen LogP contribution in [0.3, 0.4) is 0 Å². The van der Waals surface area contributed by atoms with Gasteiger partial charge >= 0.3 is 5.97 Å². The van der Waals surface area contributed by atoms with E-state index in [2.05, 4.69) is 16.9 Å². The lowest BCUT2D eigenvalue weighted by Crippen LogP contribution is -2.24. The van der Waals surface area contributed by atoms with Gasteiger partial charge in [-0.25, -0.2) is 0 Å². The van der Waals surface area contributed by atoms with Crippen LogP contribution >= 0.6 is 0 Å². The molecule has 0 spiro atoms. The van der Waals surface area contributed by atoms with Gasteiger partial charge in [-0.3, -0.25) is 9.79 Å². The molecule has 0 aliphatic heterocycles. The molecule has 25 heavy (non-hydrogen) atoms. The van der Waals surface area contributed by atoms with Crippen molar-refractivity contribution in [3.8, 4) is 5.75 Å². The van der Waals surface area contributed by atoms with Crippen molar-refractivity contribution in [3.63, 3.8) is 0 Å². The zero-order valence-corrected chi connectivity index (χ0v) is 14.2. The number of allylic oxidation sites excluding steroid dienone is 1. The van der Waals surface area contributed by atoms with Gasteiger partial charge < -0.3 is 15.5 Å². The molecule has 0 saturated heterocycles. The third-order valence-corrected chi connectivity index (χ3v) is 3.73. The number of carboxylic acids is 1. The Labute approximate surface area is 147 Å². The first-order valence-corrected chi connectivity index (χ1v) is 7.98. The van der Waals surface area contributed by atoms with Gasteiger partial charge in [0.25, 0.3) is 0 Å². The van der Waals surface area contributed by atoms with Crippen molar-refractivity contribution in [3.05, 3.63) is 77.5 Å². The molecule has 2 rings (SSSR count). The number of phenols is 1. The molecule has 0 unspecified atom stereocenters. The normalized spacial score (nSPS) is 11.2. The average molecular weight is 338 g/mol. The Balaban J connectivity index is 1.98. The van der Waals surface area contributed by atoms with Crippen LogP contribution in [0.4, 0.5) is 0 Å². The first kappa shape index (κ1) is 18.3. The molecule has 0 atom stereocenters. The highest BCUT2D eigenvalue weighted by atomic mass is 16.4. The number of carboxylic acid groups (broad SMARTS) is 1. The molecule has 0 radical (unpaired) electrons. The molecule has 0 aromatic heterocycles. The Morgan fingerprint density at radius 1 is 1.08 bits per heavy atom. The van der Waals surface area contributed by atoms with E-state index in [1.807, 2.05) is 36.4 Å². The number of carbonyl (C=O) groups is 1. The monoisotopic (exact) mass is 338 g/mol. The number of nitrogens with zero attached hydrogens (tertiary/aromatic N) is 1. The number of nitrogens with one attached hydrogen (secondary N) is 1. The van der Waals surface area contributed by atoms with Crippen LogP contribution in [0.25, 0.3) is 0 Å². The van der Waals surface area contributed by atoms with E-state index in [-0.39, 0.29) is 12.2 Å². The summed E-state index contributed by atoms with van der Waals surface area (Å²) in [5.41, 5.74) is 3.72. The van der Waals surface area contributed by atoms with E-state index < -0.39 is 5.97 Å². The molecule has 130 valence electrons. The van der Waals surface area contributed by atoms with E-state index in [0.29, 0.717) is 18.7 Å². The second kappa shape index (κ2) is 8.68. The summed E-state index contributed by atoms with van der Waals surface area (Å²) in [7, 11) is 1.70. The fraction of sp³-hybridized carbons (Fsp3) is 0.200. The van der Waals surface area contributed by atoms with Gasteiger partial charge in [-0.2, -0.15) is 0 Å². The van der Waals surface area contributed by atoms with Crippen LogP contribution < -0.4 is 5.32 Å². The number of aryl methyl sites for hydroxylation is 1. The van der Waals surface area contributed by atoms with E-state index in [0.717, 1.165) is 22.4 Å². The highest BCUT2D eigenvalue weighted by molar-refractivity contribution is 5.99. The van der Waals surface area contributed by atoms with Crippen molar-refractivity contribution in [2.75, 3.05) is 7.05 Å². The maximum Gasteiger partial charge on any atom is 0.303 e. The quantitative estimate of drug-likeness (QED) is 0.535. The molecule has 0 heterocycles. The molecule has 0 fully saturated rings. The average Bonchev–Trinajstić information content (AvgIpc) is 2.60. The van der Waals surface area contributed by atoms with Gasteiger partial charge in [0.05, 0.1) is 0 Å². The minimum absolute atomic E-state index is 0.121. The Kier molecular flexibility index (Phi) is 6.34. The second-order valence-corrected chi connectivity index (χ2v) is 5.73. The number of hydrogen-bond donors (Lipinski definition) is 3. The summed E-state index contributed by atoms with van der Waals surface area (Å²) < 4.78 is 0. The maximum atomic E-state index is 10.6. The van der Waals surface area contributed by atoms with E-state index in [1.165, 1.54) is 0 Å². The molecule has 0 bridgehead atoms. The summed E-state index contributed by atoms with van der Waals surface area (Å²) in [5.74, 6) is 0.141. The molecule has 0 aliphatic carbocycles. The van der Waals surface area contributed by atoms with Crippen molar-refractivity contribution in [2.24, 2.45) is 4.99 Å². The van der Waals surface area contributed by atoms with Gasteiger partial charge in [-0.1, -0.05) is 43.0 Å². The third kappa shape index (κ3) is 5.80. The number of rotatable bonds is 7. The summed E-state index contributed by atoms with van der Waals surface area (Å²) in [5, 5.41) is 21.3. The van der Waals surface area contributed by atoms with Gasteiger partial charge in [-0.15, -0.1) is 0 Å². The summed E-state index contributed by atoms with van der Waals surface area (Å²) in [6.07, 6.45) is 1.25. The molecule has 5 heteroatoms. The van der Waals surface area contributed by atoms with Crippen molar-refractivity contribution in [2.45, 2.75) is 19.3 Å². The van der Waals surface area contributed by atoms with Crippen LogP contribution in [0, 0.1) is 0 Å². The number of amidine groups is 1. The molecular formula is C20H22N2O3. The Hall–Kier alpha value is -3.08. The number of benzene rings is 2. The molecule has 0 aliphatic rings. The van der Waals surface area contributed by atoms with Crippen molar-refractivity contribution >= 4 is 11.8 Å². The molecule has 2 aromatic rings. The summed E-state index contributed by atoms with van der Waals surface area (Å²) in [4.78, 5) is 14.9. The third-order valence-electron chi connectivity index (χ3n) is 3.73. The molecule has 2 aromatic carbocycles. The minimum atomic E-state index is -0.799. The van der Waals surface area contributed by atoms with Crippen LogP contribution in [-0.4, -0.2) is 29.1 Å². The summed E-state index contributed by atoms with van der Waals surface area (Å²) in [6, 6.07) is 14.6. The lowest BCUT2D eigenvalue weighted by Gasteiger charge is -2.13. The second-order valence-electron chi connectivity index (χ2n) is 5.73. The maximum absolute atomic E-state index is 10.6. The van der Waals surface area contributed by atoms with Crippen molar-refractivity contribution in [1.82, 2.24) is 5.32 Å². The molecule has 3 N–H and O–H groups in total. The lowest BCUT2D eigenvalue weighted by atomic mass is 10.1. The van der Waals surface area contributed by atoms with Gasteiger partial charge in [0.15, 0.2) is 0 Å². The van der Waals surface area contributed by atoms with Crippen LogP contribution in [0.2, 0.25) is 0 Å². The fourth-order valence-corrected chi connectivity index (χ4v) is 2.41. The number of aliphatic imine (C=N–C) groups is 1. The van der Waals surface area contributed by atoms with Gasteiger partial charge in [-0.05, 0) is 29.7 Å². The Morgan fingerprint density at radius 3 is 2.24 bits per heavy atom.